The topological polar surface area (TPSA) is 108 Å². The highest BCUT2D eigenvalue weighted by molar-refractivity contribution is 7.90. The van der Waals surface area contributed by atoms with E-state index < -0.39 is 9.84 Å². The molecular weight excluding hydrogens is 480 g/mol. The largest absolute Gasteiger partial charge is 0.493 e. The number of nitrogens with zero attached hydrogens (tertiary/aromatic N) is 2. The average molecular weight is 503 g/mol. The summed E-state index contributed by atoms with van der Waals surface area (Å²) in [4.78, 5) is 19.9. The van der Waals surface area contributed by atoms with Gasteiger partial charge in [0.25, 0.3) is 5.91 Å². The monoisotopic (exact) mass is 502 g/mol. The fraction of sp³-hybridized carbons (Fsp3) is 0.217. The number of carbonyl (C=O) groups is 1. The first-order chi connectivity index (χ1) is 16.2. The highest BCUT2D eigenvalue weighted by Gasteiger charge is 2.26. The number of rotatable bonds is 8. The van der Waals surface area contributed by atoms with Crippen LogP contribution in [0.4, 0.5) is 5.13 Å². The van der Waals surface area contributed by atoms with Crippen molar-refractivity contribution in [3.8, 4) is 17.2 Å². The Labute approximate surface area is 200 Å². The van der Waals surface area contributed by atoms with E-state index >= 15 is 0 Å². The van der Waals surface area contributed by atoms with E-state index in [-0.39, 0.29) is 22.9 Å². The molecule has 0 atom stereocenters. The Hall–Kier alpha value is -3.57. The minimum Gasteiger partial charge on any atom is -0.493 e. The molecule has 4 aromatic rings. The van der Waals surface area contributed by atoms with Crippen LogP contribution in [0.2, 0.25) is 0 Å². The van der Waals surface area contributed by atoms with Gasteiger partial charge < -0.3 is 18.6 Å². The van der Waals surface area contributed by atoms with Gasteiger partial charge in [0.1, 0.15) is 5.76 Å². The molecule has 2 heterocycles. The van der Waals surface area contributed by atoms with E-state index in [1.165, 1.54) is 49.9 Å². The van der Waals surface area contributed by atoms with Crippen molar-refractivity contribution in [3.05, 3.63) is 60.1 Å². The molecule has 0 spiro atoms. The number of hydrogen-bond donors (Lipinski definition) is 0. The Bertz CT molecular complexity index is 1420. The molecule has 0 unspecified atom stereocenters. The number of amides is 1. The number of furan rings is 1. The Morgan fingerprint density at radius 2 is 1.76 bits per heavy atom. The molecule has 34 heavy (non-hydrogen) atoms. The molecule has 2 aromatic carbocycles. The summed E-state index contributed by atoms with van der Waals surface area (Å²) < 4.78 is 46.2. The summed E-state index contributed by atoms with van der Waals surface area (Å²) in [6.07, 6.45) is 2.67. The van der Waals surface area contributed by atoms with Crippen LogP contribution in [0.1, 0.15) is 16.1 Å². The Balaban J connectivity index is 1.82. The van der Waals surface area contributed by atoms with Gasteiger partial charge in [0.15, 0.2) is 26.5 Å². The van der Waals surface area contributed by atoms with Gasteiger partial charge in [-0.3, -0.25) is 9.69 Å². The lowest BCUT2D eigenvalue weighted by molar-refractivity contribution is 0.0982. The Kier molecular flexibility index (Phi) is 6.49. The van der Waals surface area contributed by atoms with Gasteiger partial charge in [0, 0.05) is 11.8 Å². The van der Waals surface area contributed by atoms with Crippen LogP contribution < -0.4 is 19.1 Å². The number of methoxy groups -OCH3 is 3. The maximum absolute atomic E-state index is 13.7. The first kappa shape index (κ1) is 23.6. The van der Waals surface area contributed by atoms with Crippen LogP contribution in [0.25, 0.3) is 10.2 Å². The molecule has 0 saturated heterocycles. The highest BCUT2D eigenvalue weighted by atomic mass is 32.2. The standard InChI is InChI=1S/C23H22N2O7S2/c1-29-18-10-14(11-19(30-2)21(18)31-3)22(26)25(13-15-6-5-9-32-15)23-24-17-8-7-16(34(4,27)28)12-20(17)33-23/h5-12H,13H2,1-4H3. The second-order valence-corrected chi connectivity index (χ2v) is 10.3. The van der Waals surface area contributed by atoms with Crippen molar-refractivity contribution in [3.63, 3.8) is 0 Å². The van der Waals surface area contributed by atoms with Crippen molar-refractivity contribution >= 4 is 42.4 Å². The third kappa shape index (κ3) is 4.57. The zero-order valence-corrected chi connectivity index (χ0v) is 20.5. The molecule has 0 radical (unpaired) electrons. The normalized spacial score (nSPS) is 11.4. The van der Waals surface area contributed by atoms with Gasteiger partial charge in [-0.15, -0.1) is 0 Å². The van der Waals surface area contributed by atoms with Crippen molar-refractivity contribution in [2.24, 2.45) is 0 Å². The number of thiazole rings is 1. The summed E-state index contributed by atoms with van der Waals surface area (Å²) >= 11 is 1.21. The third-order valence-electron chi connectivity index (χ3n) is 5.06. The van der Waals surface area contributed by atoms with Crippen molar-refractivity contribution < 1.29 is 31.8 Å². The molecule has 0 aliphatic heterocycles. The fourth-order valence-corrected chi connectivity index (χ4v) is 5.11. The van der Waals surface area contributed by atoms with Crippen LogP contribution in [0.15, 0.2) is 58.0 Å². The Morgan fingerprint density at radius 1 is 1.06 bits per heavy atom. The minimum atomic E-state index is -3.38. The maximum atomic E-state index is 13.7. The maximum Gasteiger partial charge on any atom is 0.260 e. The van der Waals surface area contributed by atoms with E-state index in [9.17, 15) is 13.2 Å². The summed E-state index contributed by atoms with van der Waals surface area (Å²) in [6.45, 7) is 0.112. The van der Waals surface area contributed by atoms with E-state index in [2.05, 4.69) is 4.98 Å². The number of carbonyl (C=O) groups excluding carboxylic acids is 1. The van der Waals surface area contributed by atoms with E-state index in [0.29, 0.717) is 38.4 Å². The van der Waals surface area contributed by atoms with E-state index in [1.54, 1.807) is 36.4 Å². The number of ether oxygens (including phenoxy) is 3. The van der Waals surface area contributed by atoms with Gasteiger partial charge in [-0.1, -0.05) is 11.3 Å². The molecule has 11 heteroatoms. The van der Waals surface area contributed by atoms with E-state index in [4.69, 9.17) is 18.6 Å². The number of hydrogen-bond acceptors (Lipinski definition) is 9. The zero-order valence-electron chi connectivity index (χ0n) is 18.9. The molecule has 0 fully saturated rings. The first-order valence-corrected chi connectivity index (χ1v) is 12.7. The predicted molar refractivity (Wildman–Crippen MR) is 128 cm³/mol. The van der Waals surface area contributed by atoms with Crippen LogP contribution in [0.5, 0.6) is 17.2 Å². The summed E-state index contributed by atoms with van der Waals surface area (Å²) in [5.74, 6) is 1.22. The number of aromatic nitrogens is 1. The van der Waals surface area contributed by atoms with Crippen molar-refractivity contribution in [1.82, 2.24) is 4.98 Å². The molecule has 0 aliphatic carbocycles. The van der Waals surface area contributed by atoms with E-state index in [1.807, 2.05) is 0 Å². The summed E-state index contributed by atoms with van der Waals surface area (Å²) in [6, 6.07) is 11.3. The lowest BCUT2D eigenvalue weighted by atomic mass is 10.1. The third-order valence-corrected chi connectivity index (χ3v) is 7.21. The summed E-state index contributed by atoms with van der Waals surface area (Å²) in [5.41, 5.74) is 0.867. The number of benzene rings is 2. The molecule has 1 amide bonds. The van der Waals surface area contributed by atoms with E-state index in [0.717, 1.165) is 6.26 Å². The van der Waals surface area contributed by atoms with Crippen LogP contribution >= 0.6 is 11.3 Å². The highest BCUT2D eigenvalue weighted by Crippen LogP contribution is 2.39. The van der Waals surface area contributed by atoms with Crippen molar-refractivity contribution in [2.75, 3.05) is 32.5 Å². The minimum absolute atomic E-state index is 0.112. The fourth-order valence-electron chi connectivity index (χ4n) is 3.38. The van der Waals surface area contributed by atoms with Gasteiger partial charge in [0.2, 0.25) is 5.75 Å². The molecule has 9 nitrogen and oxygen atoms in total. The number of fused-ring (bicyclic) bond motifs is 1. The molecular formula is C23H22N2O7S2. The Morgan fingerprint density at radius 3 is 2.32 bits per heavy atom. The van der Waals surface area contributed by atoms with Crippen molar-refractivity contribution in [1.29, 1.82) is 0 Å². The van der Waals surface area contributed by atoms with Gasteiger partial charge >= 0.3 is 0 Å². The molecule has 2 aromatic heterocycles. The second kappa shape index (κ2) is 9.35. The van der Waals surface area contributed by atoms with Crippen LogP contribution in [-0.2, 0) is 16.4 Å². The van der Waals surface area contributed by atoms with Crippen molar-refractivity contribution in [2.45, 2.75) is 11.4 Å². The molecule has 0 bridgehead atoms. The average Bonchev–Trinajstić information content (AvgIpc) is 3.49. The van der Waals surface area contributed by atoms with Crippen LogP contribution in [0.3, 0.4) is 0 Å². The predicted octanol–water partition coefficient (Wildman–Crippen LogP) is 4.17. The number of sulfone groups is 1. The van der Waals surface area contributed by atoms with Gasteiger partial charge in [-0.25, -0.2) is 13.4 Å². The second-order valence-electron chi connectivity index (χ2n) is 7.28. The molecule has 0 saturated carbocycles. The lowest BCUT2D eigenvalue weighted by Gasteiger charge is -2.20. The molecule has 178 valence electrons. The lowest BCUT2D eigenvalue weighted by Crippen LogP contribution is -2.30. The smallest absolute Gasteiger partial charge is 0.260 e. The number of anilines is 1. The van der Waals surface area contributed by atoms with Gasteiger partial charge in [0.05, 0.1) is 49.2 Å². The molecule has 4 rings (SSSR count). The summed E-state index contributed by atoms with van der Waals surface area (Å²) in [7, 11) is 1.04. The van der Waals surface area contributed by atoms with Gasteiger partial charge in [-0.2, -0.15) is 0 Å². The first-order valence-electron chi connectivity index (χ1n) is 10.00. The quantitative estimate of drug-likeness (QED) is 0.353. The zero-order chi connectivity index (χ0) is 24.5. The molecule has 0 N–H and O–H groups in total. The van der Waals surface area contributed by atoms with Crippen LogP contribution in [-0.4, -0.2) is 46.9 Å². The van der Waals surface area contributed by atoms with Gasteiger partial charge in [-0.05, 0) is 42.5 Å². The molecule has 0 aliphatic rings. The summed E-state index contributed by atoms with van der Waals surface area (Å²) in [5, 5.41) is 0.385. The SMILES string of the molecule is COc1cc(C(=O)N(Cc2ccco2)c2nc3ccc(S(C)(=O)=O)cc3s2)cc(OC)c1OC. The van der Waals surface area contributed by atoms with Crippen LogP contribution in [0, 0.1) is 0 Å².